The number of nitrogens with zero attached hydrogens (tertiary/aromatic N) is 2. The number of carbonyl (C=O) groups is 1. The van der Waals surface area contributed by atoms with Gasteiger partial charge in [-0.3, -0.25) is 14.8 Å². The van der Waals surface area contributed by atoms with Crippen molar-refractivity contribution in [2.75, 3.05) is 13.2 Å². The van der Waals surface area contributed by atoms with Crippen molar-refractivity contribution in [2.45, 2.75) is 13.0 Å². The van der Waals surface area contributed by atoms with E-state index in [0.29, 0.717) is 19.8 Å². The fraction of sp³-hybridized carbons (Fsp3) is 0.357. The van der Waals surface area contributed by atoms with Crippen LogP contribution < -0.4 is 5.32 Å². The number of nitrogens with one attached hydrogen (secondary N) is 1. The monoisotopic (exact) mass is 289 g/mol. The molecule has 1 saturated heterocycles. The molecule has 3 heterocycles. The zero-order chi connectivity index (χ0) is 13.8. The highest BCUT2D eigenvalue weighted by molar-refractivity contribution is 7.08. The summed E-state index contributed by atoms with van der Waals surface area (Å²) >= 11 is 1.62. The van der Waals surface area contributed by atoms with Gasteiger partial charge in [-0.15, -0.1) is 0 Å². The van der Waals surface area contributed by atoms with Crippen LogP contribution in [0.25, 0.3) is 11.3 Å². The van der Waals surface area contributed by atoms with Crippen molar-refractivity contribution < 1.29 is 9.53 Å². The molecule has 0 aromatic carbocycles. The Balaban J connectivity index is 1.70. The lowest BCUT2D eigenvalue weighted by molar-refractivity contribution is -0.125. The minimum Gasteiger partial charge on any atom is -0.381 e. The molecular weight excluding hydrogens is 274 g/mol. The summed E-state index contributed by atoms with van der Waals surface area (Å²) in [6, 6.07) is 2.00. The quantitative estimate of drug-likeness (QED) is 0.933. The Labute approximate surface area is 121 Å². The van der Waals surface area contributed by atoms with E-state index in [0.717, 1.165) is 23.4 Å². The highest BCUT2D eigenvalue weighted by Crippen LogP contribution is 2.22. The van der Waals surface area contributed by atoms with E-state index in [1.165, 1.54) is 0 Å². The zero-order valence-electron chi connectivity index (χ0n) is 10.9. The molecule has 0 unspecified atom stereocenters. The van der Waals surface area contributed by atoms with E-state index in [1.807, 2.05) is 16.8 Å². The van der Waals surface area contributed by atoms with E-state index in [-0.39, 0.29) is 11.8 Å². The summed E-state index contributed by atoms with van der Waals surface area (Å²) in [5.41, 5.74) is 2.66. The Morgan fingerprint density at radius 2 is 2.35 bits per heavy atom. The van der Waals surface area contributed by atoms with Gasteiger partial charge in [-0.25, -0.2) is 0 Å². The lowest BCUT2D eigenvalue weighted by Crippen LogP contribution is -2.31. The van der Waals surface area contributed by atoms with E-state index in [1.54, 1.807) is 23.7 Å². The number of hydrogen-bond donors (Lipinski definition) is 1. The second-order valence-corrected chi connectivity index (χ2v) is 5.42. The summed E-state index contributed by atoms with van der Waals surface area (Å²) in [7, 11) is 0. The van der Waals surface area contributed by atoms with E-state index in [9.17, 15) is 4.79 Å². The molecular formula is C14H15N3O2S. The van der Waals surface area contributed by atoms with Gasteiger partial charge in [0, 0.05) is 29.9 Å². The van der Waals surface area contributed by atoms with Crippen LogP contribution in [-0.4, -0.2) is 29.1 Å². The standard InChI is InChI=1S/C14H15N3O2S/c18-14(10-1-5-19-8-10)17-7-12-13(16-4-3-15-12)11-2-6-20-9-11/h2-4,6,9-10H,1,5,7-8H2,(H,17,18)/t10-/m1/s1. The first-order chi connectivity index (χ1) is 9.84. The Kier molecular flexibility index (Phi) is 4.03. The molecule has 1 aliphatic rings. The maximum absolute atomic E-state index is 12.0. The third-order valence-electron chi connectivity index (χ3n) is 3.30. The topological polar surface area (TPSA) is 64.1 Å². The molecule has 1 amide bonds. The SMILES string of the molecule is O=C(NCc1nccnc1-c1ccsc1)[C@@H]1CCOC1. The summed E-state index contributed by atoms with van der Waals surface area (Å²) in [6.45, 7) is 1.58. The first kappa shape index (κ1) is 13.2. The minimum atomic E-state index is -0.0312. The Morgan fingerprint density at radius 3 is 3.10 bits per heavy atom. The number of hydrogen-bond acceptors (Lipinski definition) is 5. The lowest BCUT2D eigenvalue weighted by atomic mass is 10.1. The third kappa shape index (κ3) is 2.86. The normalized spacial score (nSPS) is 18.1. The molecule has 5 nitrogen and oxygen atoms in total. The molecule has 2 aromatic rings. The van der Waals surface area contributed by atoms with Gasteiger partial charge < -0.3 is 10.1 Å². The fourth-order valence-electron chi connectivity index (χ4n) is 2.19. The smallest absolute Gasteiger partial charge is 0.225 e. The largest absolute Gasteiger partial charge is 0.381 e. The van der Waals surface area contributed by atoms with Crippen LogP contribution in [0, 0.1) is 5.92 Å². The molecule has 1 aliphatic heterocycles. The van der Waals surface area contributed by atoms with Crippen molar-refractivity contribution in [3.05, 3.63) is 34.9 Å². The van der Waals surface area contributed by atoms with Gasteiger partial charge in [0.05, 0.1) is 30.5 Å². The fourth-order valence-corrected chi connectivity index (χ4v) is 2.83. The van der Waals surface area contributed by atoms with Gasteiger partial charge in [-0.1, -0.05) is 0 Å². The van der Waals surface area contributed by atoms with Crippen LogP contribution in [0.3, 0.4) is 0 Å². The van der Waals surface area contributed by atoms with E-state index >= 15 is 0 Å². The number of thiophene rings is 1. The van der Waals surface area contributed by atoms with Crippen molar-refractivity contribution in [3.63, 3.8) is 0 Å². The van der Waals surface area contributed by atoms with Crippen LogP contribution in [0.1, 0.15) is 12.1 Å². The Morgan fingerprint density at radius 1 is 1.45 bits per heavy atom. The van der Waals surface area contributed by atoms with Crippen LogP contribution in [0.15, 0.2) is 29.2 Å². The molecule has 0 aliphatic carbocycles. The second kappa shape index (κ2) is 6.11. The van der Waals surface area contributed by atoms with E-state index in [2.05, 4.69) is 15.3 Å². The maximum Gasteiger partial charge on any atom is 0.225 e. The van der Waals surface area contributed by atoms with Crippen LogP contribution in [0.4, 0.5) is 0 Å². The van der Waals surface area contributed by atoms with Crippen LogP contribution in [-0.2, 0) is 16.1 Å². The van der Waals surface area contributed by atoms with Gasteiger partial charge in [0.2, 0.25) is 5.91 Å². The van der Waals surface area contributed by atoms with Crippen LogP contribution in [0.5, 0.6) is 0 Å². The predicted molar refractivity (Wildman–Crippen MR) is 76.1 cm³/mol. The third-order valence-corrected chi connectivity index (χ3v) is 3.98. The van der Waals surface area contributed by atoms with Crippen LogP contribution in [0.2, 0.25) is 0 Å². The first-order valence-corrected chi connectivity index (χ1v) is 7.47. The first-order valence-electron chi connectivity index (χ1n) is 6.52. The maximum atomic E-state index is 12.0. The molecule has 104 valence electrons. The average Bonchev–Trinajstić information content (AvgIpc) is 3.17. The van der Waals surface area contributed by atoms with E-state index < -0.39 is 0 Å². The molecule has 0 saturated carbocycles. The van der Waals surface area contributed by atoms with Crippen LogP contribution >= 0.6 is 11.3 Å². The van der Waals surface area contributed by atoms with Gasteiger partial charge in [0.1, 0.15) is 0 Å². The van der Waals surface area contributed by atoms with Crippen molar-refractivity contribution in [3.8, 4) is 11.3 Å². The molecule has 1 fully saturated rings. The van der Waals surface area contributed by atoms with Crippen molar-refractivity contribution in [1.29, 1.82) is 0 Å². The number of amides is 1. The van der Waals surface area contributed by atoms with Gasteiger partial charge in [-0.05, 0) is 17.9 Å². The molecule has 20 heavy (non-hydrogen) atoms. The molecule has 1 atom stereocenters. The summed E-state index contributed by atoms with van der Waals surface area (Å²) in [5.74, 6) is 0.000639. The van der Waals surface area contributed by atoms with Gasteiger partial charge in [0.25, 0.3) is 0 Å². The van der Waals surface area contributed by atoms with Gasteiger partial charge >= 0.3 is 0 Å². The van der Waals surface area contributed by atoms with Crippen molar-refractivity contribution >= 4 is 17.2 Å². The number of rotatable bonds is 4. The molecule has 1 N–H and O–H groups in total. The molecule has 6 heteroatoms. The van der Waals surface area contributed by atoms with Gasteiger partial charge in [0.15, 0.2) is 0 Å². The average molecular weight is 289 g/mol. The summed E-state index contributed by atoms with van der Waals surface area (Å²) < 4.78 is 5.23. The van der Waals surface area contributed by atoms with E-state index in [4.69, 9.17) is 4.74 Å². The summed E-state index contributed by atoms with van der Waals surface area (Å²) in [5, 5.41) is 6.96. The van der Waals surface area contributed by atoms with Crippen molar-refractivity contribution in [2.24, 2.45) is 5.92 Å². The Bertz CT molecular complexity index is 580. The number of carbonyl (C=O) groups excluding carboxylic acids is 1. The number of ether oxygens (including phenoxy) is 1. The Hall–Kier alpha value is -1.79. The minimum absolute atomic E-state index is 0.0312. The zero-order valence-corrected chi connectivity index (χ0v) is 11.7. The summed E-state index contributed by atoms with van der Waals surface area (Å²) in [6.07, 6.45) is 4.11. The predicted octanol–water partition coefficient (Wildman–Crippen LogP) is 1.86. The molecule has 2 aromatic heterocycles. The van der Waals surface area contributed by atoms with Crippen molar-refractivity contribution in [1.82, 2.24) is 15.3 Å². The second-order valence-electron chi connectivity index (χ2n) is 4.64. The highest BCUT2D eigenvalue weighted by Gasteiger charge is 2.23. The highest BCUT2D eigenvalue weighted by atomic mass is 32.1. The molecule has 3 rings (SSSR count). The summed E-state index contributed by atoms with van der Waals surface area (Å²) in [4.78, 5) is 20.7. The molecule has 0 bridgehead atoms. The molecule has 0 radical (unpaired) electrons. The number of aromatic nitrogens is 2. The molecule has 0 spiro atoms. The van der Waals surface area contributed by atoms with Gasteiger partial charge in [-0.2, -0.15) is 11.3 Å². The lowest BCUT2D eigenvalue weighted by Gasteiger charge is -2.10.